The zero-order valence-electron chi connectivity index (χ0n) is 19.9. The lowest BCUT2D eigenvalue weighted by Gasteiger charge is -2.25. The van der Waals surface area contributed by atoms with E-state index < -0.39 is 0 Å². The predicted molar refractivity (Wildman–Crippen MR) is 127 cm³/mol. The van der Waals surface area contributed by atoms with Gasteiger partial charge >= 0.3 is 6.03 Å². The minimum absolute atomic E-state index is 0.0358. The Balaban J connectivity index is 1.77. The van der Waals surface area contributed by atoms with E-state index in [2.05, 4.69) is 11.8 Å². The number of hydrogen-bond acceptors (Lipinski definition) is 5. The number of anilines is 1. The summed E-state index contributed by atoms with van der Waals surface area (Å²) in [5.74, 6) is 1.37. The predicted octanol–water partition coefficient (Wildman–Crippen LogP) is 3.80. The Morgan fingerprint density at radius 3 is 2.55 bits per heavy atom. The van der Waals surface area contributed by atoms with Gasteiger partial charge in [-0.2, -0.15) is 5.10 Å². The van der Waals surface area contributed by atoms with E-state index in [1.54, 1.807) is 35.8 Å². The first-order chi connectivity index (χ1) is 15.9. The van der Waals surface area contributed by atoms with Gasteiger partial charge in [-0.3, -0.25) is 0 Å². The average molecular weight is 454 g/mol. The lowest BCUT2D eigenvalue weighted by Crippen LogP contribution is -2.41. The van der Waals surface area contributed by atoms with E-state index in [1.807, 2.05) is 11.8 Å². The molecule has 0 N–H and O–H groups in total. The summed E-state index contributed by atoms with van der Waals surface area (Å²) >= 11 is 0. The largest absolute Gasteiger partial charge is 0.354 e. The Labute approximate surface area is 194 Å². The molecule has 0 atom stereocenters. The summed E-state index contributed by atoms with van der Waals surface area (Å²) in [5.41, 5.74) is 2.33. The number of carbonyl (C=O) groups excluding carboxylic acids is 1. The highest BCUT2D eigenvalue weighted by Crippen LogP contribution is 2.30. The standard InChI is InChI=1S/C24H32FN7O/c1-5-6-8-20-26-22(30-13-7-14-31(16-15-30)24(33)29(3)4)21-17(2)28-32(23(21)27-20)19-11-9-18(25)10-12-19/h9-12H,5-8,13-16H2,1-4H3. The van der Waals surface area contributed by atoms with Gasteiger partial charge in [0.2, 0.25) is 0 Å². The molecule has 9 heteroatoms. The summed E-state index contributed by atoms with van der Waals surface area (Å²) in [4.78, 5) is 28.1. The van der Waals surface area contributed by atoms with E-state index in [-0.39, 0.29) is 11.8 Å². The third-order valence-corrected chi connectivity index (χ3v) is 6.00. The van der Waals surface area contributed by atoms with Gasteiger partial charge in [0.25, 0.3) is 0 Å². The Hall–Kier alpha value is -3.23. The van der Waals surface area contributed by atoms with E-state index in [1.165, 1.54) is 12.1 Å². The maximum absolute atomic E-state index is 13.5. The van der Waals surface area contributed by atoms with Crippen LogP contribution in [0.5, 0.6) is 0 Å². The van der Waals surface area contributed by atoms with Crippen LogP contribution in [0.25, 0.3) is 16.7 Å². The number of hydrogen-bond donors (Lipinski definition) is 0. The van der Waals surface area contributed by atoms with Crippen molar-refractivity contribution in [3.05, 3.63) is 41.6 Å². The van der Waals surface area contributed by atoms with Crippen LogP contribution in [0.1, 0.15) is 37.7 Å². The molecule has 0 bridgehead atoms. The fourth-order valence-electron chi connectivity index (χ4n) is 4.25. The van der Waals surface area contributed by atoms with Gasteiger partial charge in [0.05, 0.1) is 16.8 Å². The Morgan fingerprint density at radius 2 is 1.85 bits per heavy atom. The molecule has 4 rings (SSSR count). The van der Waals surface area contributed by atoms with Gasteiger partial charge in [-0.15, -0.1) is 0 Å². The Morgan fingerprint density at radius 1 is 1.09 bits per heavy atom. The molecule has 1 aromatic carbocycles. The van der Waals surface area contributed by atoms with Crippen molar-refractivity contribution >= 4 is 22.9 Å². The molecule has 176 valence electrons. The third kappa shape index (κ3) is 4.77. The molecule has 0 spiro atoms. The highest BCUT2D eigenvalue weighted by molar-refractivity contribution is 5.91. The van der Waals surface area contributed by atoms with Gasteiger partial charge in [-0.25, -0.2) is 23.8 Å². The molecule has 1 aliphatic heterocycles. The first-order valence-corrected chi connectivity index (χ1v) is 11.6. The number of nitrogens with zero attached hydrogens (tertiary/aromatic N) is 7. The zero-order chi connectivity index (χ0) is 23.5. The smallest absolute Gasteiger partial charge is 0.319 e. The highest BCUT2D eigenvalue weighted by atomic mass is 19.1. The number of aromatic nitrogens is 4. The van der Waals surface area contributed by atoms with Crippen LogP contribution in [0.2, 0.25) is 0 Å². The summed E-state index contributed by atoms with van der Waals surface area (Å²) in [7, 11) is 3.57. The van der Waals surface area contributed by atoms with Crippen LogP contribution in [-0.4, -0.2) is 75.9 Å². The highest BCUT2D eigenvalue weighted by Gasteiger charge is 2.25. The van der Waals surface area contributed by atoms with Crippen molar-refractivity contribution < 1.29 is 9.18 Å². The second kappa shape index (κ2) is 9.72. The van der Waals surface area contributed by atoms with Crippen molar-refractivity contribution in [3.63, 3.8) is 0 Å². The van der Waals surface area contributed by atoms with Crippen LogP contribution in [0.15, 0.2) is 24.3 Å². The minimum Gasteiger partial charge on any atom is -0.354 e. The fourth-order valence-corrected chi connectivity index (χ4v) is 4.25. The molecule has 0 aliphatic carbocycles. The number of rotatable bonds is 5. The number of halogens is 1. The van der Waals surface area contributed by atoms with E-state index in [0.29, 0.717) is 13.1 Å². The zero-order valence-corrected chi connectivity index (χ0v) is 19.9. The number of aryl methyl sites for hydroxylation is 2. The molecule has 33 heavy (non-hydrogen) atoms. The van der Waals surface area contributed by atoms with Crippen molar-refractivity contribution in [2.75, 3.05) is 45.2 Å². The molecular weight excluding hydrogens is 421 g/mol. The summed E-state index contributed by atoms with van der Waals surface area (Å²) < 4.78 is 15.3. The number of carbonyl (C=O) groups is 1. The summed E-state index contributed by atoms with van der Waals surface area (Å²) in [5, 5.41) is 5.66. The maximum Gasteiger partial charge on any atom is 0.319 e. The molecule has 3 aromatic rings. The summed E-state index contributed by atoms with van der Waals surface area (Å²) in [6.45, 7) is 6.96. The second-order valence-corrected chi connectivity index (χ2v) is 8.74. The SMILES string of the molecule is CCCCc1nc(N2CCCN(C(=O)N(C)C)CC2)c2c(C)nn(-c3ccc(F)cc3)c2n1. The fraction of sp³-hybridized carbons (Fsp3) is 0.500. The molecule has 2 aromatic heterocycles. The van der Waals surface area contributed by atoms with Gasteiger partial charge in [0, 0.05) is 46.7 Å². The first kappa shape index (κ1) is 22.9. The van der Waals surface area contributed by atoms with Crippen LogP contribution in [0.4, 0.5) is 15.0 Å². The summed E-state index contributed by atoms with van der Waals surface area (Å²) in [6, 6.07) is 6.33. The Bertz CT molecular complexity index is 1130. The van der Waals surface area contributed by atoms with Gasteiger partial charge in [0.1, 0.15) is 17.5 Å². The van der Waals surface area contributed by atoms with Crippen molar-refractivity contribution in [1.82, 2.24) is 29.5 Å². The molecule has 2 amide bonds. The van der Waals surface area contributed by atoms with Crippen molar-refractivity contribution in [3.8, 4) is 5.69 Å². The molecular formula is C24H32FN7O. The van der Waals surface area contributed by atoms with Gasteiger partial charge in [-0.05, 0) is 44.0 Å². The van der Waals surface area contributed by atoms with E-state index in [4.69, 9.17) is 15.1 Å². The molecule has 8 nitrogen and oxygen atoms in total. The van der Waals surface area contributed by atoms with E-state index in [0.717, 1.165) is 72.8 Å². The second-order valence-electron chi connectivity index (χ2n) is 8.74. The molecule has 0 saturated carbocycles. The maximum atomic E-state index is 13.5. The molecule has 0 radical (unpaired) electrons. The molecule has 1 aliphatic rings. The molecule has 1 fully saturated rings. The van der Waals surface area contributed by atoms with Crippen LogP contribution in [0.3, 0.4) is 0 Å². The number of fused-ring (bicyclic) bond motifs is 1. The lowest BCUT2D eigenvalue weighted by molar-refractivity contribution is 0.174. The van der Waals surface area contributed by atoms with Crippen molar-refractivity contribution in [2.45, 2.75) is 39.5 Å². The van der Waals surface area contributed by atoms with E-state index in [9.17, 15) is 9.18 Å². The number of urea groups is 1. The minimum atomic E-state index is -0.285. The topological polar surface area (TPSA) is 70.4 Å². The van der Waals surface area contributed by atoms with Crippen molar-refractivity contribution in [1.29, 1.82) is 0 Å². The molecule has 3 heterocycles. The molecule has 1 saturated heterocycles. The van der Waals surface area contributed by atoms with Gasteiger partial charge in [-0.1, -0.05) is 13.3 Å². The van der Waals surface area contributed by atoms with Crippen LogP contribution < -0.4 is 4.90 Å². The Kier molecular flexibility index (Phi) is 6.76. The third-order valence-electron chi connectivity index (χ3n) is 6.00. The average Bonchev–Trinajstić information content (AvgIpc) is 2.98. The normalized spacial score (nSPS) is 14.6. The monoisotopic (exact) mass is 453 g/mol. The van der Waals surface area contributed by atoms with Gasteiger partial charge in [0.15, 0.2) is 5.65 Å². The van der Waals surface area contributed by atoms with Crippen LogP contribution >= 0.6 is 0 Å². The molecule has 0 unspecified atom stereocenters. The summed E-state index contributed by atoms with van der Waals surface area (Å²) in [6.07, 6.45) is 3.70. The van der Waals surface area contributed by atoms with Crippen LogP contribution in [-0.2, 0) is 6.42 Å². The van der Waals surface area contributed by atoms with Crippen LogP contribution in [0, 0.1) is 12.7 Å². The van der Waals surface area contributed by atoms with E-state index >= 15 is 0 Å². The van der Waals surface area contributed by atoms with Gasteiger partial charge < -0.3 is 14.7 Å². The number of amides is 2. The van der Waals surface area contributed by atoms with Crippen molar-refractivity contribution in [2.24, 2.45) is 0 Å². The number of benzene rings is 1. The first-order valence-electron chi connectivity index (χ1n) is 11.6. The quantitative estimate of drug-likeness (QED) is 0.588. The lowest BCUT2D eigenvalue weighted by atomic mass is 10.2. The number of unbranched alkanes of at least 4 members (excludes halogenated alkanes) is 1.